The summed E-state index contributed by atoms with van der Waals surface area (Å²) >= 11 is 0. The number of halogens is 3. The maximum atomic E-state index is 12.5. The summed E-state index contributed by atoms with van der Waals surface area (Å²) < 4.78 is 42.9. The number of hydrogen-bond acceptors (Lipinski definition) is 3. The average molecular weight is 384 g/mol. The summed E-state index contributed by atoms with van der Waals surface area (Å²) in [5.41, 5.74) is -0.735. The molecule has 0 spiro atoms. The maximum absolute atomic E-state index is 12.5. The molecule has 0 aromatic heterocycles. The van der Waals surface area contributed by atoms with Crippen LogP contribution in [0.3, 0.4) is 0 Å². The van der Waals surface area contributed by atoms with Gasteiger partial charge in [-0.3, -0.25) is 9.59 Å². The van der Waals surface area contributed by atoms with E-state index in [2.05, 4.69) is 5.32 Å². The molecule has 1 atom stereocenters. The molecular formula is C19H23F3N2O3. The van der Waals surface area contributed by atoms with E-state index in [1.165, 1.54) is 12.1 Å². The van der Waals surface area contributed by atoms with Crippen molar-refractivity contribution in [2.24, 2.45) is 5.92 Å². The monoisotopic (exact) mass is 384 g/mol. The third kappa shape index (κ3) is 4.93. The number of amides is 2. The molecule has 2 amide bonds. The number of nitrogens with zero attached hydrogens (tertiary/aromatic N) is 1. The van der Waals surface area contributed by atoms with Crippen molar-refractivity contribution in [3.8, 4) is 5.75 Å². The van der Waals surface area contributed by atoms with Crippen LogP contribution < -0.4 is 10.1 Å². The molecule has 1 N–H and O–H groups in total. The predicted octanol–water partition coefficient (Wildman–Crippen LogP) is 2.99. The van der Waals surface area contributed by atoms with Crippen LogP contribution in [0.1, 0.15) is 37.7 Å². The van der Waals surface area contributed by atoms with Crippen LogP contribution in [0.25, 0.3) is 0 Å². The average Bonchev–Trinajstić information content (AvgIpc) is 3.27. The minimum atomic E-state index is -4.38. The van der Waals surface area contributed by atoms with E-state index in [0.717, 1.165) is 37.8 Å². The van der Waals surface area contributed by atoms with Crippen molar-refractivity contribution in [2.45, 2.75) is 44.3 Å². The van der Waals surface area contributed by atoms with Crippen molar-refractivity contribution < 1.29 is 27.5 Å². The van der Waals surface area contributed by atoms with Gasteiger partial charge in [-0.15, -0.1) is 0 Å². The van der Waals surface area contributed by atoms with Crippen LogP contribution in [-0.4, -0.2) is 42.5 Å². The number of carbonyl (C=O) groups is 2. The first kappa shape index (κ1) is 19.5. The van der Waals surface area contributed by atoms with Gasteiger partial charge in [0.1, 0.15) is 12.4 Å². The number of ether oxygens (including phenoxy) is 1. The zero-order chi connectivity index (χ0) is 19.4. The van der Waals surface area contributed by atoms with Crippen molar-refractivity contribution in [1.82, 2.24) is 10.2 Å². The first-order valence-corrected chi connectivity index (χ1v) is 9.22. The molecule has 5 nitrogen and oxygen atoms in total. The summed E-state index contributed by atoms with van der Waals surface area (Å²) in [7, 11) is 0. The van der Waals surface area contributed by atoms with Crippen molar-refractivity contribution in [3.05, 3.63) is 29.8 Å². The Balaban J connectivity index is 1.39. The van der Waals surface area contributed by atoms with E-state index < -0.39 is 11.7 Å². The van der Waals surface area contributed by atoms with Gasteiger partial charge < -0.3 is 15.0 Å². The van der Waals surface area contributed by atoms with Gasteiger partial charge >= 0.3 is 6.18 Å². The standard InChI is InChI=1S/C19H23F3N2O3/c20-19(21,22)14-5-7-16(8-6-14)27-10-9-23-18(26)13-11-17(25)24(12-13)15-3-1-2-4-15/h5-8,13,15H,1-4,9-12H2,(H,23,26). The first-order valence-electron chi connectivity index (χ1n) is 9.22. The zero-order valence-electron chi connectivity index (χ0n) is 14.9. The Labute approximate surface area is 155 Å². The van der Waals surface area contributed by atoms with Crippen molar-refractivity contribution in [3.63, 3.8) is 0 Å². The van der Waals surface area contributed by atoms with Crippen LogP contribution >= 0.6 is 0 Å². The van der Waals surface area contributed by atoms with E-state index in [4.69, 9.17) is 4.74 Å². The van der Waals surface area contributed by atoms with E-state index in [1.807, 2.05) is 4.90 Å². The van der Waals surface area contributed by atoms with Gasteiger partial charge in [-0.25, -0.2) is 0 Å². The number of alkyl halides is 3. The molecule has 1 saturated heterocycles. The summed E-state index contributed by atoms with van der Waals surface area (Å²) in [4.78, 5) is 26.2. The Morgan fingerprint density at radius 3 is 2.48 bits per heavy atom. The molecule has 3 rings (SSSR count). The van der Waals surface area contributed by atoms with Gasteiger partial charge in [0.15, 0.2) is 0 Å². The Morgan fingerprint density at radius 1 is 1.19 bits per heavy atom. The second kappa shape index (κ2) is 8.19. The van der Waals surface area contributed by atoms with Gasteiger partial charge in [-0.05, 0) is 37.1 Å². The Hall–Kier alpha value is -2.25. The molecule has 27 heavy (non-hydrogen) atoms. The van der Waals surface area contributed by atoms with Gasteiger partial charge in [-0.2, -0.15) is 13.2 Å². The molecule has 1 aromatic rings. The SMILES string of the molecule is O=C(NCCOc1ccc(C(F)(F)F)cc1)C1CC(=O)N(C2CCCC2)C1. The first-order chi connectivity index (χ1) is 12.8. The minimum absolute atomic E-state index is 0.0445. The molecule has 2 aliphatic rings. The summed E-state index contributed by atoms with van der Waals surface area (Å²) in [5.74, 6) is -0.173. The summed E-state index contributed by atoms with van der Waals surface area (Å²) in [6.45, 7) is 0.840. The highest BCUT2D eigenvalue weighted by atomic mass is 19.4. The predicted molar refractivity (Wildman–Crippen MR) is 92.0 cm³/mol. The lowest BCUT2D eigenvalue weighted by atomic mass is 10.1. The van der Waals surface area contributed by atoms with Crippen molar-refractivity contribution >= 4 is 11.8 Å². The molecular weight excluding hydrogens is 361 g/mol. The van der Waals surface area contributed by atoms with E-state index in [0.29, 0.717) is 12.3 Å². The lowest BCUT2D eigenvalue weighted by Gasteiger charge is -2.23. The fourth-order valence-electron chi connectivity index (χ4n) is 3.70. The molecule has 148 valence electrons. The molecule has 1 unspecified atom stereocenters. The molecule has 1 saturated carbocycles. The van der Waals surface area contributed by atoms with Crippen LogP contribution in [0.2, 0.25) is 0 Å². The highest BCUT2D eigenvalue weighted by molar-refractivity contribution is 5.89. The lowest BCUT2D eigenvalue weighted by Crippen LogP contribution is -2.37. The van der Waals surface area contributed by atoms with Crippen LogP contribution in [0.15, 0.2) is 24.3 Å². The Morgan fingerprint density at radius 2 is 1.85 bits per heavy atom. The van der Waals surface area contributed by atoms with E-state index >= 15 is 0 Å². The minimum Gasteiger partial charge on any atom is -0.492 e. The highest BCUT2D eigenvalue weighted by Gasteiger charge is 2.38. The zero-order valence-corrected chi connectivity index (χ0v) is 14.9. The molecule has 1 aliphatic carbocycles. The largest absolute Gasteiger partial charge is 0.492 e. The van der Waals surface area contributed by atoms with E-state index in [-0.39, 0.29) is 43.3 Å². The normalized spacial score (nSPS) is 20.9. The molecule has 1 aliphatic heterocycles. The van der Waals surface area contributed by atoms with Gasteiger partial charge in [0, 0.05) is 19.0 Å². The Bertz CT molecular complexity index is 670. The molecule has 0 radical (unpaired) electrons. The quantitative estimate of drug-likeness (QED) is 0.767. The summed E-state index contributed by atoms with van der Waals surface area (Å²) in [6.07, 6.45) is 0.154. The second-order valence-electron chi connectivity index (χ2n) is 7.05. The van der Waals surface area contributed by atoms with Gasteiger partial charge in [0.25, 0.3) is 0 Å². The van der Waals surface area contributed by atoms with Gasteiger partial charge in [-0.1, -0.05) is 12.8 Å². The molecule has 0 bridgehead atoms. The van der Waals surface area contributed by atoms with E-state index in [1.54, 1.807) is 0 Å². The molecule has 1 aromatic carbocycles. The number of hydrogen-bond donors (Lipinski definition) is 1. The second-order valence-corrected chi connectivity index (χ2v) is 7.05. The number of rotatable bonds is 6. The molecule has 1 heterocycles. The van der Waals surface area contributed by atoms with Crippen LogP contribution in [0.4, 0.5) is 13.2 Å². The fourth-order valence-corrected chi connectivity index (χ4v) is 3.70. The summed E-state index contributed by atoms with van der Waals surface area (Å²) in [6, 6.07) is 4.68. The third-order valence-electron chi connectivity index (χ3n) is 5.15. The van der Waals surface area contributed by atoms with Crippen molar-refractivity contribution in [2.75, 3.05) is 19.7 Å². The number of benzene rings is 1. The van der Waals surface area contributed by atoms with Crippen LogP contribution in [0.5, 0.6) is 5.75 Å². The van der Waals surface area contributed by atoms with Crippen molar-refractivity contribution in [1.29, 1.82) is 0 Å². The number of carbonyl (C=O) groups excluding carboxylic acids is 2. The van der Waals surface area contributed by atoms with Gasteiger partial charge in [0.2, 0.25) is 11.8 Å². The topological polar surface area (TPSA) is 58.6 Å². The van der Waals surface area contributed by atoms with Crippen LogP contribution in [-0.2, 0) is 15.8 Å². The van der Waals surface area contributed by atoms with E-state index in [9.17, 15) is 22.8 Å². The lowest BCUT2D eigenvalue weighted by molar-refractivity contribution is -0.137. The van der Waals surface area contributed by atoms with Crippen LogP contribution in [0, 0.1) is 5.92 Å². The third-order valence-corrected chi connectivity index (χ3v) is 5.15. The summed E-state index contributed by atoms with van der Waals surface area (Å²) in [5, 5.41) is 2.74. The Kier molecular flexibility index (Phi) is 5.92. The maximum Gasteiger partial charge on any atom is 0.416 e. The molecule has 2 fully saturated rings. The van der Waals surface area contributed by atoms with Gasteiger partial charge in [0.05, 0.1) is 18.0 Å². The molecule has 8 heteroatoms. The smallest absolute Gasteiger partial charge is 0.416 e. The fraction of sp³-hybridized carbons (Fsp3) is 0.579. The highest BCUT2D eigenvalue weighted by Crippen LogP contribution is 2.30. The number of likely N-dealkylation sites (tertiary alicyclic amines) is 1. The number of nitrogens with one attached hydrogen (secondary N) is 1.